The van der Waals surface area contributed by atoms with E-state index in [0.29, 0.717) is 5.41 Å². The van der Waals surface area contributed by atoms with E-state index in [2.05, 4.69) is 64.0 Å². The molecule has 0 aliphatic heterocycles. The third-order valence-corrected chi connectivity index (χ3v) is 3.83. The molecule has 1 heterocycles. The van der Waals surface area contributed by atoms with E-state index in [-0.39, 0.29) is 5.41 Å². The third-order valence-electron chi connectivity index (χ3n) is 3.83. The molecule has 2 heteroatoms. The minimum absolute atomic E-state index is 0.172. The van der Waals surface area contributed by atoms with Gasteiger partial charge < -0.3 is 5.32 Å². The zero-order chi connectivity index (χ0) is 15.2. The number of nitrogens with one attached hydrogen (secondary N) is 1. The molecule has 114 valence electrons. The summed E-state index contributed by atoms with van der Waals surface area (Å²) in [6.45, 7) is 14.6. The van der Waals surface area contributed by atoms with E-state index >= 15 is 0 Å². The molecule has 1 aromatic heterocycles. The van der Waals surface area contributed by atoms with Gasteiger partial charge in [0.2, 0.25) is 0 Å². The van der Waals surface area contributed by atoms with Gasteiger partial charge in [-0.15, -0.1) is 0 Å². The molecule has 0 spiro atoms. The van der Waals surface area contributed by atoms with Crippen LogP contribution < -0.4 is 5.32 Å². The lowest BCUT2D eigenvalue weighted by molar-refractivity contribution is 0.342. The predicted octanol–water partition coefficient (Wildman–Crippen LogP) is 5.40. The van der Waals surface area contributed by atoms with Crippen molar-refractivity contribution in [2.24, 2.45) is 5.41 Å². The summed E-state index contributed by atoms with van der Waals surface area (Å²) in [5, 5.41) is 3.48. The summed E-state index contributed by atoms with van der Waals surface area (Å²) in [5.74, 6) is 0.988. The van der Waals surface area contributed by atoms with Gasteiger partial charge in [-0.05, 0) is 28.9 Å². The smallest absolute Gasteiger partial charge is 0.125 e. The lowest BCUT2D eigenvalue weighted by Crippen LogP contribution is -2.23. The first-order valence-corrected chi connectivity index (χ1v) is 7.95. The highest BCUT2D eigenvalue weighted by Crippen LogP contribution is 2.25. The molecule has 0 saturated heterocycles. The van der Waals surface area contributed by atoms with Gasteiger partial charge in [0, 0.05) is 12.7 Å². The number of unbranched alkanes of at least 4 members (excludes halogenated alkanes) is 2. The predicted molar refractivity (Wildman–Crippen MR) is 89.3 cm³/mol. The van der Waals surface area contributed by atoms with Crippen LogP contribution in [0.25, 0.3) is 0 Å². The van der Waals surface area contributed by atoms with Gasteiger partial charge in [-0.25, -0.2) is 4.98 Å². The van der Waals surface area contributed by atoms with Crippen molar-refractivity contribution < 1.29 is 0 Å². The standard InChI is InChI=1S/C18H32N2/c1-7-8-9-12-18(5,6)14-20-16-11-10-15(13-19-16)17(2,3)4/h10-11,13H,7-9,12,14H2,1-6H3,(H,19,20). The fourth-order valence-corrected chi connectivity index (χ4v) is 2.21. The summed E-state index contributed by atoms with van der Waals surface area (Å²) >= 11 is 0. The molecule has 0 bridgehead atoms. The Morgan fingerprint density at radius 1 is 1.05 bits per heavy atom. The number of pyridine rings is 1. The first-order valence-electron chi connectivity index (χ1n) is 7.95. The normalized spacial score (nSPS) is 12.5. The van der Waals surface area contributed by atoms with Crippen molar-refractivity contribution in [1.82, 2.24) is 4.98 Å². The van der Waals surface area contributed by atoms with E-state index in [0.717, 1.165) is 12.4 Å². The Morgan fingerprint density at radius 2 is 1.75 bits per heavy atom. The largest absolute Gasteiger partial charge is 0.370 e. The van der Waals surface area contributed by atoms with Gasteiger partial charge in [-0.1, -0.05) is 66.9 Å². The topological polar surface area (TPSA) is 24.9 Å². The lowest BCUT2D eigenvalue weighted by Gasteiger charge is -2.25. The van der Waals surface area contributed by atoms with Crippen LogP contribution in [-0.2, 0) is 5.41 Å². The number of anilines is 1. The van der Waals surface area contributed by atoms with Crippen LogP contribution in [0.3, 0.4) is 0 Å². The Kier molecular flexibility index (Phi) is 6.04. The Bertz CT molecular complexity index is 385. The van der Waals surface area contributed by atoms with Crippen LogP contribution in [0, 0.1) is 5.41 Å². The fourth-order valence-electron chi connectivity index (χ4n) is 2.21. The Hall–Kier alpha value is -1.05. The van der Waals surface area contributed by atoms with Crippen LogP contribution in [0.1, 0.15) is 72.8 Å². The molecule has 0 atom stereocenters. The molecule has 0 radical (unpaired) electrons. The summed E-state index contributed by atoms with van der Waals surface area (Å²) in [4.78, 5) is 4.53. The number of hydrogen-bond donors (Lipinski definition) is 1. The van der Waals surface area contributed by atoms with E-state index in [4.69, 9.17) is 0 Å². The molecule has 20 heavy (non-hydrogen) atoms. The molecular weight excluding hydrogens is 244 g/mol. The maximum absolute atomic E-state index is 4.53. The van der Waals surface area contributed by atoms with Crippen LogP contribution in [0.4, 0.5) is 5.82 Å². The zero-order valence-electron chi connectivity index (χ0n) is 14.2. The van der Waals surface area contributed by atoms with E-state index in [1.54, 1.807) is 0 Å². The zero-order valence-corrected chi connectivity index (χ0v) is 14.2. The summed E-state index contributed by atoms with van der Waals surface area (Å²) < 4.78 is 0. The van der Waals surface area contributed by atoms with Gasteiger partial charge >= 0.3 is 0 Å². The van der Waals surface area contributed by atoms with Crippen molar-refractivity contribution in [2.45, 2.75) is 72.6 Å². The summed E-state index contributed by atoms with van der Waals surface area (Å²) in [7, 11) is 0. The number of nitrogens with zero attached hydrogens (tertiary/aromatic N) is 1. The summed E-state index contributed by atoms with van der Waals surface area (Å²) in [5.41, 5.74) is 1.79. The third kappa shape index (κ3) is 5.94. The van der Waals surface area contributed by atoms with Crippen molar-refractivity contribution in [1.29, 1.82) is 0 Å². The maximum atomic E-state index is 4.53. The highest BCUT2D eigenvalue weighted by atomic mass is 15.0. The Balaban J connectivity index is 2.49. The summed E-state index contributed by atoms with van der Waals surface area (Å²) in [6.07, 6.45) is 7.21. The minimum atomic E-state index is 0.172. The van der Waals surface area contributed by atoms with Crippen LogP contribution in [0.5, 0.6) is 0 Å². The van der Waals surface area contributed by atoms with Crippen LogP contribution in [-0.4, -0.2) is 11.5 Å². The molecule has 0 fully saturated rings. The molecule has 0 saturated carbocycles. The Labute approximate surface area is 125 Å². The molecule has 1 rings (SSSR count). The van der Waals surface area contributed by atoms with Crippen molar-refractivity contribution in [2.75, 3.05) is 11.9 Å². The molecule has 0 amide bonds. The highest BCUT2D eigenvalue weighted by Gasteiger charge is 2.17. The van der Waals surface area contributed by atoms with Crippen molar-refractivity contribution in [3.63, 3.8) is 0 Å². The number of rotatable bonds is 7. The summed E-state index contributed by atoms with van der Waals surface area (Å²) in [6, 6.07) is 4.28. The minimum Gasteiger partial charge on any atom is -0.370 e. The average molecular weight is 276 g/mol. The van der Waals surface area contributed by atoms with Crippen molar-refractivity contribution in [3.05, 3.63) is 23.9 Å². The second-order valence-electron chi connectivity index (χ2n) is 7.66. The maximum Gasteiger partial charge on any atom is 0.125 e. The van der Waals surface area contributed by atoms with Crippen molar-refractivity contribution in [3.8, 4) is 0 Å². The van der Waals surface area contributed by atoms with E-state index in [1.807, 2.05) is 6.20 Å². The van der Waals surface area contributed by atoms with Crippen LogP contribution in [0.15, 0.2) is 18.3 Å². The second kappa shape index (κ2) is 7.10. The molecule has 2 nitrogen and oxygen atoms in total. The molecule has 0 aromatic carbocycles. The molecule has 1 aromatic rings. The van der Waals surface area contributed by atoms with Crippen LogP contribution in [0.2, 0.25) is 0 Å². The van der Waals surface area contributed by atoms with Gasteiger partial charge in [0.1, 0.15) is 5.82 Å². The quantitative estimate of drug-likeness (QED) is 0.675. The van der Waals surface area contributed by atoms with E-state index < -0.39 is 0 Å². The Morgan fingerprint density at radius 3 is 2.25 bits per heavy atom. The SMILES string of the molecule is CCCCCC(C)(C)CNc1ccc(C(C)(C)C)cn1. The molecule has 0 aliphatic carbocycles. The lowest BCUT2D eigenvalue weighted by atomic mass is 9.87. The van der Waals surface area contributed by atoms with Gasteiger partial charge in [-0.2, -0.15) is 0 Å². The monoisotopic (exact) mass is 276 g/mol. The first-order chi connectivity index (χ1) is 9.24. The first kappa shape index (κ1) is 17.0. The van der Waals surface area contributed by atoms with Gasteiger partial charge in [0.05, 0.1) is 0 Å². The highest BCUT2D eigenvalue weighted by molar-refractivity contribution is 5.37. The fraction of sp³-hybridized carbons (Fsp3) is 0.722. The molecular formula is C18H32N2. The second-order valence-corrected chi connectivity index (χ2v) is 7.66. The molecule has 0 unspecified atom stereocenters. The van der Waals surface area contributed by atoms with Gasteiger partial charge in [0.25, 0.3) is 0 Å². The van der Waals surface area contributed by atoms with Crippen LogP contribution >= 0.6 is 0 Å². The average Bonchev–Trinajstić information content (AvgIpc) is 2.36. The number of hydrogen-bond acceptors (Lipinski definition) is 2. The van der Waals surface area contributed by atoms with Gasteiger partial charge in [-0.3, -0.25) is 0 Å². The molecule has 1 N–H and O–H groups in total. The molecule has 0 aliphatic rings. The van der Waals surface area contributed by atoms with E-state index in [1.165, 1.54) is 31.2 Å². The van der Waals surface area contributed by atoms with Crippen molar-refractivity contribution >= 4 is 5.82 Å². The van der Waals surface area contributed by atoms with E-state index in [9.17, 15) is 0 Å². The number of aromatic nitrogens is 1. The van der Waals surface area contributed by atoms with Gasteiger partial charge in [0.15, 0.2) is 0 Å².